The van der Waals surface area contributed by atoms with Gasteiger partial charge in [0, 0.05) is 31.0 Å². The number of urea groups is 1. The van der Waals surface area contributed by atoms with Gasteiger partial charge < -0.3 is 15.5 Å². The van der Waals surface area contributed by atoms with Crippen LogP contribution in [0.25, 0.3) is 0 Å². The fourth-order valence-electron chi connectivity index (χ4n) is 3.87. The Morgan fingerprint density at radius 1 is 1.24 bits per heavy atom. The van der Waals surface area contributed by atoms with Crippen molar-refractivity contribution in [2.75, 3.05) is 18.4 Å². The van der Waals surface area contributed by atoms with E-state index in [1.807, 2.05) is 18.7 Å². The molecule has 1 aliphatic heterocycles. The Balaban J connectivity index is 1.64. The van der Waals surface area contributed by atoms with Gasteiger partial charge in [0.2, 0.25) is 5.91 Å². The van der Waals surface area contributed by atoms with E-state index >= 15 is 0 Å². The molecular formula is C18H29N5O2. The van der Waals surface area contributed by atoms with E-state index in [1.165, 1.54) is 0 Å². The van der Waals surface area contributed by atoms with Gasteiger partial charge in [0.15, 0.2) is 0 Å². The molecule has 7 nitrogen and oxygen atoms in total. The van der Waals surface area contributed by atoms with Gasteiger partial charge in [-0.1, -0.05) is 12.8 Å². The summed E-state index contributed by atoms with van der Waals surface area (Å²) in [6.07, 6.45) is 7.86. The molecule has 1 aromatic rings. The number of carbonyl (C=O) groups excluding carboxylic acids is 2. The average molecular weight is 347 g/mol. The van der Waals surface area contributed by atoms with Crippen LogP contribution in [0.1, 0.15) is 64.0 Å². The number of amides is 3. The van der Waals surface area contributed by atoms with Crippen LogP contribution < -0.4 is 10.6 Å². The van der Waals surface area contributed by atoms with Crippen LogP contribution >= 0.6 is 0 Å². The minimum Gasteiger partial charge on any atom is -0.336 e. The quantitative estimate of drug-likeness (QED) is 0.782. The molecule has 2 heterocycles. The number of aromatic nitrogens is 2. The Kier molecular flexibility index (Phi) is 5.60. The van der Waals surface area contributed by atoms with Crippen molar-refractivity contribution in [1.82, 2.24) is 20.4 Å². The molecule has 0 bridgehead atoms. The van der Waals surface area contributed by atoms with E-state index in [1.54, 1.807) is 6.20 Å². The molecule has 2 fully saturated rings. The molecule has 7 heteroatoms. The number of hydrogen-bond donors (Lipinski definition) is 3. The molecule has 0 radical (unpaired) electrons. The summed E-state index contributed by atoms with van der Waals surface area (Å²) in [6.45, 7) is 5.34. The predicted octanol–water partition coefficient (Wildman–Crippen LogP) is 2.84. The SMILES string of the molecule is CC(C)NC(=O)N1CCC[C@@H](c2[nH]ncc2NC(=O)C2CCCC2)C1. The third-order valence-corrected chi connectivity index (χ3v) is 5.18. The number of piperidine rings is 1. The summed E-state index contributed by atoms with van der Waals surface area (Å²) >= 11 is 0. The number of H-pyrrole nitrogens is 1. The number of hydrogen-bond acceptors (Lipinski definition) is 3. The summed E-state index contributed by atoms with van der Waals surface area (Å²) in [7, 11) is 0. The lowest BCUT2D eigenvalue weighted by molar-refractivity contribution is -0.119. The lowest BCUT2D eigenvalue weighted by Crippen LogP contribution is -2.47. The van der Waals surface area contributed by atoms with Gasteiger partial charge in [-0.15, -0.1) is 0 Å². The minimum absolute atomic E-state index is 0.0178. The van der Waals surface area contributed by atoms with Crippen molar-refractivity contribution in [3.63, 3.8) is 0 Å². The largest absolute Gasteiger partial charge is 0.336 e. The third-order valence-electron chi connectivity index (χ3n) is 5.18. The molecule has 1 atom stereocenters. The van der Waals surface area contributed by atoms with Crippen molar-refractivity contribution < 1.29 is 9.59 Å². The molecule has 3 N–H and O–H groups in total. The van der Waals surface area contributed by atoms with Crippen molar-refractivity contribution in [2.24, 2.45) is 5.92 Å². The highest BCUT2D eigenvalue weighted by molar-refractivity contribution is 5.93. The van der Waals surface area contributed by atoms with Crippen molar-refractivity contribution in [1.29, 1.82) is 0 Å². The molecular weight excluding hydrogens is 318 g/mol. The summed E-state index contributed by atoms with van der Waals surface area (Å²) in [5.74, 6) is 0.404. The number of carbonyl (C=O) groups is 2. The maximum absolute atomic E-state index is 12.4. The minimum atomic E-state index is -0.0178. The van der Waals surface area contributed by atoms with E-state index < -0.39 is 0 Å². The van der Waals surface area contributed by atoms with Crippen molar-refractivity contribution in [3.8, 4) is 0 Å². The first kappa shape index (κ1) is 17.8. The van der Waals surface area contributed by atoms with Crippen LogP contribution in [-0.2, 0) is 4.79 Å². The maximum atomic E-state index is 12.4. The Morgan fingerprint density at radius 3 is 2.72 bits per heavy atom. The second-order valence-electron chi connectivity index (χ2n) is 7.56. The molecule has 0 aromatic carbocycles. The average Bonchev–Trinajstić information content (AvgIpc) is 3.26. The first-order chi connectivity index (χ1) is 12.0. The zero-order valence-corrected chi connectivity index (χ0v) is 15.2. The van der Waals surface area contributed by atoms with Crippen LogP contribution in [0.2, 0.25) is 0 Å². The summed E-state index contributed by atoms with van der Waals surface area (Å²) < 4.78 is 0. The van der Waals surface area contributed by atoms with Crippen LogP contribution in [0, 0.1) is 5.92 Å². The molecule has 0 spiro atoms. The Hall–Kier alpha value is -2.05. The number of nitrogens with zero attached hydrogens (tertiary/aromatic N) is 2. The molecule has 2 aliphatic rings. The standard InChI is InChI=1S/C18H29N5O2/c1-12(2)20-18(25)23-9-5-8-14(11-23)16-15(10-19-22-16)21-17(24)13-6-3-4-7-13/h10,12-14H,3-9,11H2,1-2H3,(H,19,22)(H,20,25)(H,21,24)/t14-/m1/s1. The molecule has 1 saturated carbocycles. The number of anilines is 1. The molecule has 0 unspecified atom stereocenters. The fraction of sp³-hybridized carbons (Fsp3) is 0.722. The van der Waals surface area contributed by atoms with Gasteiger partial charge >= 0.3 is 6.03 Å². The number of aromatic amines is 1. The highest BCUT2D eigenvalue weighted by Gasteiger charge is 2.29. The lowest BCUT2D eigenvalue weighted by Gasteiger charge is -2.33. The first-order valence-corrected chi connectivity index (χ1v) is 9.44. The van der Waals surface area contributed by atoms with Gasteiger partial charge in [0.1, 0.15) is 0 Å². The first-order valence-electron chi connectivity index (χ1n) is 9.44. The van der Waals surface area contributed by atoms with Crippen molar-refractivity contribution in [3.05, 3.63) is 11.9 Å². The van der Waals surface area contributed by atoms with Crippen LogP contribution in [0.3, 0.4) is 0 Å². The van der Waals surface area contributed by atoms with Gasteiger partial charge in [-0.25, -0.2) is 4.79 Å². The number of rotatable bonds is 4. The smallest absolute Gasteiger partial charge is 0.317 e. The molecule has 1 saturated heterocycles. The second kappa shape index (κ2) is 7.89. The molecule has 138 valence electrons. The van der Waals surface area contributed by atoms with Gasteiger partial charge in [0.05, 0.1) is 17.6 Å². The zero-order chi connectivity index (χ0) is 17.8. The third kappa shape index (κ3) is 4.32. The van der Waals surface area contributed by atoms with Crippen LogP contribution in [0.15, 0.2) is 6.20 Å². The summed E-state index contributed by atoms with van der Waals surface area (Å²) in [5.41, 5.74) is 1.71. The van der Waals surface area contributed by atoms with E-state index in [0.29, 0.717) is 6.54 Å². The van der Waals surface area contributed by atoms with Gasteiger partial charge in [0.25, 0.3) is 0 Å². The number of nitrogens with one attached hydrogen (secondary N) is 3. The van der Waals surface area contributed by atoms with Crippen LogP contribution in [0.4, 0.5) is 10.5 Å². The lowest BCUT2D eigenvalue weighted by atomic mass is 9.94. The van der Waals surface area contributed by atoms with E-state index in [2.05, 4.69) is 20.8 Å². The molecule has 1 aromatic heterocycles. The monoisotopic (exact) mass is 347 g/mol. The van der Waals surface area contributed by atoms with Gasteiger partial charge in [-0.05, 0) is 39.5 Å². The van der Waals surface area contributed by atoms with Crippen LogP contribution in [0.5, 0.6) is 0 Å². The topological polar surface area (TPSA) is 90.1 Å². The highest BCUT2D eigenvalue weighted by atomic mass is 16.2. The summed E-state index contributed by atoms with van der Waals surface area (Å²) in [6, 6.07) is 0.108. The Morgan fingerprint density at radius 2 is 2.00 bits per heavy atom. The zero-order valence-electron chi connectivity index (χ0n) is 15.2. The molecule has 25 heavy (non-hydrogen) atoms. The highest BCUT2D eigenvalue weighted by Crippen LogP contribution is 2.32. The summed E-state index contributed by atoms with van der Waals surface area (Å²) in [5, 5.41) is 13.2. The van der Waals surface area contributed by atoms with Crippen LogP contribution in [-0.4, -0.2) is 46.2 Å². The van der Waals surface area contributed by atoms with Crippen molar-refractivity contribution in [2.45, 2.75) is 64.3 Å². The van der Waals surface area contributed by atoms with Crippen molar-refractivity contribution >= 4 is 17.6 Å². The predicted molar refractivity (Wildman–Crippen MR) is 96.4 cm³/mol. The molecule has 3 rings (SSSR count). The Labute approximate surface area is 148 Å². The fourth-order valence-corrected chi connectivity index (χ4v) is 3.87. The number of likely N-dealkylation sites (tertiary alicyclic amines) is 1. The van der Waals surface area contributed by atoms with E-state index in [9.17, 15) is 9.59 Å². The molecule has 1 aliphatic carbocycles. The second-order valence-corrected chi connectivity index (χ2v) is 7.56. The van der Waals surface area contributed by atoms with E-state index in [0.717, 1.165) is 56.5 Å². The normalized spacial score (nSPS) is 21.6. The van der Waals surface area contributed by atoms with E-state index in [4.69, 9.17) is 0 Å². The van der Waals surface area contributed by atoms with Gasteiger partial charge in [-0.3, -0.25) is 9.89 Å². The van der Waals surface area contributed by atoms with E-state index in [-0.39, 0.29) is 29.8 Å². The summed E-state index contributed by atoms with van der Waals surface area (Å²) in [4.78, 5) is 26.6. The maximum Gasteiger partial charge on any atom is 0.317 e. The van der Waals surface area contributed by atoms with Gasteiger partial charge in [-0.2, -0.15) is 5.10 Å². The Bertz CT molecular complexity index is 606. The molecule has 3 amide bonds.